The number of nitrogens with one attached hydrogen (secondary N) is 3. The Labute approximate surface area is 157 Å². The van der Waals surface area contributed by atoms with Crippen LogP contribution in [0, 0.1) is 19.8 Å². The van der Waals surface area contributed by atoms with Gasteiger partial charge in [-0.25, -0.2) is 9.97 Å². The highest BCUT2D eigenvalue weighted by Gasteiger charge is 2.11. The number of aryl methyl sites for hydroxylation is 2. The largest absolute Gasteiger partial charge is 0.326 e. The molecule has 0 bridgehead atoms. The van der Waals surface area contributed by atoms with E-state index in [0.29, 0.717) is 17.7 Å². The summed E-state index contributed by atoms with van der Waals surface area (Å²) in [5.41, 5.74) is 3.36. The van der Waals surface area contributed by atoms with Crippen molar-refractivity contribution < 1.29 is 4.79 Å². The van der Waals surface area contributed by atoms with Gasteiger partial charge in [0.15, 0.2) is 5.82 Å². The molecule has 0 aliphatic carbocycles. The Balaban J connectivity index is 1.70. The highest BCUT2D eigenvalue weighted by atomic mass is 16.1. The maximum Gasteiger partial charge on any atom is 0.249 e. The Morgan fingerprint density at radius 2 is 1.74 bits per heavy atom. The minimum absolute atomic E-state index is 0.0138. The first kappa shape index (κ1) is 18.5. The molecule has 140 valence electrons. The van der Waals surface area contributed by atoms with Gasteiger partial charge in [-0.2, -0.15) is 4.98 Å². The lowest BCUT2D eigenvalue weighted by atomic mass is 10.1. The lowest BCUT2D eigenvalue weighted by molar-refractivity contribution is -0.119. The Bertz CT molecular complexity index is 913. The molecule has 3 rings (SSSR count). The molecular weight excluding hydrogens is 342 g/mol. The van der Waals surface area contributed by atoms with Crippen LogP contribution in [0.15, 0.2) is 30.3 Å². The van der Waals surface area contributed by atoms with Gasteiger partial charge < -0.3 is 5.32 Å². The van der Waals surface area contributed by atoms with Crippen LogP contribution in [0.1, 0.15) is 31.7 Å². The van der Waals surface area contributed by atoms with Crippen LogP contribution in [-0.2, 0) is 4.79 Å². The van der Waals surface area contributed by atoms with Gasteiger partial charge in [0.25, 0.3) is 0 Å². The predicted molar refractivity (Wildman–Crippen MR) is 105 cm³/mol. The number of hydrogen-bond donors (Lipinski definition) is 3. The summed E-state index contributed by atoms with van der Waals surface area (Å²) in [7, 11) is 0. The molecule has 1 amide bonds. The summed E-state index contributed by atoms with van der Waals surface area (Å²) in [4.78, 5) is 25.0. The highest BCUT2D eigenvalue weighted by Crippen LogP contribution is 2.20. The molecule has 27 heavy (non-hydrogen) atoms. The van der Waals surface area contributed by atoms with Crippen molar-refractivity contribution >= 4 is 23.5 Å². The molecule has 0 spiro atoms. The van der Waals surface area contributed by atoms with Crippen LogP contribution in [0.2, 0.25) is 0 Å². The monoisotopic (exact) mass is 365 g/mol. The van der Waals surface area contributed by atoms with E-state index in [0.717, 1.165) is 29.1 Å². The minimum Gasteiger partial charge on any atom is -0.326 e. The Morgan fingerprint density at radius 1 is 1.07 bits per heavy atom. The summed E-state index contributed by atoms with van der Waals surface area (Å²) in [6.45, 7) is 7.72. The van der Waals surface area contributed by atoms with Gasteiger partial charge in [-0.3, -0.25) is 15.2 Å². The van der Waals surface area contributed by atoms with Crippen LogP contribution < -0.4 is 10.6 Å². The summed E-state index contributed by atoms with van der Waals surface area (Å²) < 4.78 is 0. The van der Waals surface area contributed by atoms with E-state index in [1.807, 2.05) is 58.0 Å². The van der Waals surface area contributed by atoms with Crippen molar-refractivity contribution in [2.45, 2.75) is 34.1 Å². The fraction of sp³-hybridized carbons (Fsp3) is 0.316. The molecule has 0 saturated carbocycles. The van der Waals surface area contributed by atoms with Gasteiger partial charge in [0.1, 0.15) is 0 Å². The van der Waals surface area contributed by atoms with Crippen LogP contribution in [0.25, 0.3) is 11.4 Å². The van der Waals surface area contributed by atoms with Crippen molar-refractivity contribution in [1.29, 1.82) is 0 Å². The van der Waals surface area contributed by atoms with E-state index >= 15 is 0 Å². The summed E-state index contributed by atoms with van der Waals surface area (Å²) in [5.74, 6) is 1.47. The van der Waals surface area contributed by atoms with E-state index < -0.39 is 0 Å². The zero-order valence-electron chi connectivity index (χ0n) is 15.9. The number of carbonyl (C=O) groups excluding carboxylic acids is 1. The maximum atomic E-state index is 12.0. The van der Waals surface area contributed by atoms with Gasteiger partial charge in [0.2, 0.25) is 17.8 Å². The highest BCUT2D eigenvalue weighted by molar-refractivity contribution is 5.92. The summed E-state index contributed by atoms with van der Waals surface area (Å²) in [6, 6.07) is 9.35. The van der Waals surface area contributed by atoms with Crippen LogP contribution in [0.3, 0.4) is 0 Å². The zero-order valence-corrected chi connectivity index (χ0v) is 15.9. The van der Waals surface area contributed by atoms with E-state index in [1.165, 1.54) is 0 Å². The number of rotatable bonds is 6. The summed E-state index contributed by atoms with van der Waals surface area (Å²) in [6.07, 6.45) is 0.807. The van der Waals surface area contributed by atoms with Gasteiger partial charge in [0, 0.05) is 28.6 Å². The lowest BCUT2D eigenvalue weighted by Gasteiger charge is -2.10. The molecule has 0 aliphatic heterocycles. The molecule has 8 nitrogen and oxygen atoms in total. The number of carbonyl (C=O) groups is 1. The van der Waals surface area contributed by atoms with E-state index in [2.05, 4.69) is 35.8 Å². The van der Waals surface area contributed by atoms with Crippen molar-refractivity contribution in [2.24, 2.45) is 5.92 Å². The van der Waals surface area contributed by atoms with Gasteiger partial charge in [-0.1, -0.05) is 13.8 Å². The first-order valence-electron chi connectivity index (χ1n) is 8.87. The zero-order chi connectivity index (χ0) is 19.4. The van der Waals surface area contributed by atoms with E-state index in [9.17, 15) is 4.79 Å². The van der Waals surface area contributed by atoms with E-state index in [1.54, 1.807) is 0 Å². The molecule has 3 aromatic rings. The molecule has 1 aromatic carbocycles. The van der Waals surface area contributed by atoms with Crippen LogP contribution in [-0.4, -0.2) is 31.1 Å². The molecule has 8 heteroatoms. The summed E-state index contributed by atoms with van der Waals surface area (Å²) in [5, 5.41) is 13.0. The van der Waals surface area contributed by atoms with Crippen LogP contribution >= 0.6 is 0 Å². The number of amides is 1. The third kappa shape index (κ3) is 4.66. The Morgan fingerprint density at radius 3 is 2.37 bits per heavy atom. The third-order valence-electron chi connectivity index (χ3n) is 4.18. The topological polar surface area (TPSA) is 108 Å². The van der Waals surface area contributed by atoms with Gasteiger partial charge in [0.05, 0.1) is 0 Å². The van der Waals surface area contributed by atoms with Crippen molar-refractivity contribution in [3.63, 3.8) is 0 Å². The Kier molecular flexibility index (Phi) is 5.44. The maximum absolute atomic E-state index is 12.0. The van der Waals surface area contributed by atoms with Crippen LogP contribution in [0.4, 0.5) is 17.6 Å². The average molecular weight is 365 g/mol. The number of aromatic amines is 1. The second-order valence-electron chi connectivity index (χ2n) is 6.48. The van der Waals surface area contributed by atoms with Gasteiger partial charge >= 0.3 is 0 Å². The van der Waals surface area contributed by atoms with Crippen molar-refractivity contribution in [1.82, 2.24) is 25.1 Å². The van der Waals surface area contributed by atoms with Gasteiger partial charge in [-0.05, 0) is 50.6 Å². The number of hydrogen-bond acceptors (Lipinski definition) is 6. The molecule has 0 fully saturated rings. The fourth-order valence-corrected chi connectivity index (χ4v) is 2.49. The van der Waals surface area contributed by atoms with Crippen molar-refractivity contribution in [2.75, 3.05) is 10.6 Å². The molecule has 3 N–H and O–H groups in total. The number of benzene rings is 1. The third-order valence-corrected chi connectivity index (χ3v) is 4.18. The molecule has 0 radical (unpaired) electrons. The molecule has 1 atom stereocenters. The summed E-state index contributed by atoms with van der Waals surface area (Å²) >= 11 is 0. The normalized spacial score (nSPS) is 11.9. The number of anilines is 3. The van der Waals surface area contributed by atoms with Crippen molar-refractivity contribution in [3.05, 3.63) is 41.7 Å². The predicted octanol–water partition coefficient (Wildman–Crippen LogP) is 3.61. The van der Waals surface area contributed by atoms with Gasteiger partial charge in [-0.15, -0.1) is 5.10 Å². The molecule has 0 aliphatic rings. The van der Waals surface area contributed by atoms with Crippen LogP contribution in [0.5, 0.6) is 0 Å². The first-order valence-corrected chi connectivity index (χ1v) is 8.87. The minimum atomic E-state index is -0.0138. The van der Waals surface area contributed by atoms with E-state index in [4.69, 9.17) is 0 Å². The number of nitrogens with zero attached hydrogens (tertiary/aromatic N) is 4. The molecule has 2 heterocycles. The second-order valence-corrected chi connectivity index (χ2v) is 6.48. The van der Waals surface area contributed by atoms with E-state index in [-0.39, 0.29) is 11.8 Å². The molecule has 2 aromatic heterocycles. The first-order chi connectivity index (χ1) is 12.9. The number of H-pyrrole nitrogens is 1. The second kappa shape index (κ2) is 7.94. The average Bonchev–Trinajstić information content (AvgIpc) is 3.09. The molecular formula is C19H23N7O. The number of aromatic nitrogens is 5. The SMILES string of the molecule is CC[C@H](C)C(=O)Nc1ccc(-c2nc(Nc3nc(C)cc(C)n3)n[nH]2)cc1. The molecule has 0 saturated heterocycles. The lowest BCUT2D eigenvalue weighted by Crippen LogP contribution is -2.19. The van der Waals surface area contributed by atoms with Crippen molar-refractivity contribution in [3.8, 4) is 11.4 Å². The Hall–Kier alpha value is -3.29. The fourth-order valence-electron chi connectivity index (χ4n) is 2.49. The standard InChI is InChI=1S/C19H23N7O/c1-5-11(2)17(27)22-15-8-6-14(7-9-15)16-23-19(26-25-16)24-18-20-12(3)10-13(4)21-18/h6-11H,5H2,1-4H3,(H,22,27)(H2,20,21,23,24,25,26)/t11-/m0/s1. The molecule has 0 unspecified atom stereocenters. The quantitative estimate of drug-likeness (QED) is 0.616. The smallest absolute Gasteiger partial charge is 0.249 e.